The molecule has 2 N–H and O–H groups in total. The van der Waals surface area contributed by atoms with Crippen LogP contribution in [-0.4, -0.2) is 32.3 Å². The van der Waals surface area contributed by atoms with E-state index in [1.54, 1.807) is 18.2 Å². The molecule has 0 radical (unpaired) electrons. The first-order valence-electron chi connectivity index (χ1n) is 10.1. The molecule has 3 aromatic rings. The third kappa shape index (κ3) is 6.48. The highest BCUT2D eigenvalue weighted by atomic mass is 35.5. The van der Waals surface area contributed by atoms with Crippen molar-refractivity contribution < 1.29 is 9.59 Å². The normalized spacial score (nSPS) is 10.8. The number of thioether (sulfide) groups is 1. The van der Waals surface area contributed by atoms with Crippen LogP contribution in [0.4, 0.5) is 11.4 Å². The van der Waals surface area contributed by atoms with Crippen LogP contribution >= 0.6 is 35.0 Å². The van der Waals surface area contributed by atoms with Crippen molar-refractivity contribution in [1.29, 1.82) is 0 Å². The molecule has 10 heteroatoms. The Bertz CT molecular complexity index is 1100. The van der Waals surface area contributed by atoms with Crippen molar-refractivity contribution >= 4 is 58.2 Å². The number of aromatic nitrogens is 3. The van der Waals surface area contributed by atoms with Gasteiger partial charge in [0.15, 0.2) is 5.16 Å². The van der Waals surface area contributed by atoms with Gasteiger partial charge in [0.2, 0.25) is 11.8 Å². The summed E-state index contributed by atoms with van der Waals surface area (Å²) < 4.78 is 1.82. The Hall–Kier alpha value is -2.55. The lowest BCUT2D eigenvalue weighted by molar-refractivity contribution is -0.116. The van der Waals surface area contributed by atoms with E-state index in [0.717, 1.165) is 12.1 Å². The zero-order chi connectivity index (χ0) is 23.1. The zero-order valence-electron chi connectivity index (χ0n) is 17.7. The monoisotopic (exact) mass is 491 g/mol. The number of carbonyl (C=O) groups excluding carboxylic acids is 2. The van der Waals surface area contributed by atoms with Gasteiger partial charge in [-0.05, 0) is 49.2 Å². The molecule has 168 valence electrons. The van der Waals surface area contributed by atoms with Crippen molar-refractivity contribution in [2.45, 2.75) is 38.4 Å². The standard InChI is InChI=1S/C22H23Cl2N5O2S/c1-3-14-5-7-15(8-6-14)25-21(31)13-32-22-28-27-19(29(22)4-2)12-20(30)26-16-9-10-17(23)18(24)11-16/h5-11H,3-4,12-13H2,1-2H3,(H,25,31)(H,26,30). The molecule has 2 amide bonds. The van der Waals surface area contributed by atoms with E-state index in [0.29, 0.717) is 33.3 Å². The number of rotatable bonds is 9. The third-order valence-corrected chi connectivity index (χ3v) is 6.32. The van der Waals surface area contributed by atoms with Crippen LogP contribution in [0, 0.1) is 0 Å². The smallest absolute Gasteiger partial charge is 0.234 e. The van der Waals surface area contributed by atoms with Crippen LogP contribution in [0.3, 0.4) is 0 Å². The molecule has 0 fully saturated rings. The van der Waals surface area contributed by atoms with E-state index < -0.39 is 0 Å². The summed E-state index contributed by atoms with van der Waals surface area (Å²) >= 11 is 13.2. The van der Waals surface area contributed by atoms with Crippen LogP contribution in [0.1, 0.15) is 25.2 Å². The second-order valence-corrected chi connectivity index (χ2v) is 8.64. The van der Waals surface area contributed by atoms with Crippen LogP contribution in [0.5, 0.6) is 0 Å². The highest BCUT2D eigenvalue weighted by molar-refractivity contribution is 7.99. The summed E-state index contributed by atoms with van der Waals surface area (Å²) in [5.74, 6) is 0.311. The summed E-state index contributed by atoms with van der Waals surface area (Å²) in [7, 11) is 0. The molecule has 0 aliphatic heterocycles. The Balaban J connectivity index is 1.56. The summed E-state index contributed by atoms with van der Waals surface area (Å²) in [6.07, 6.45) is 0.988. The minimum atomic E-state index is -0.254. The van der Waals surface area contributed by atoms with Gasteiger partial charge >= 0.3 is 0 Å². The number of nitrogens with one attached hydrogen (secondary N) is 2. The molecule has 0 unspecified atom stereocenters. The summed E-state index contributed by atoms with van der Waals surface area (Å²) in [6.45, 7) is 4.59. The van der Waals surface area contributed by atoms with Gasteiger partial charge in [-0.2, -0.15) is 0 Å². The maximum atomic E-state index is 12.4. The van der Waals surface area contributed by atoms with E-state index in [1.165, 1.54) is 17.3 Å². The second kappa shape index (κ2) is 11.4. The zero-order valence-corrected chi connectivity index (χ0v) is 20.0. The van der Waals surface area contributed by atoms with Gasteiger partial charge in [0.05, 0.1) is 22.2 Å². The van der Waals surface area contributed by atoms with Gasteiger partial charge in [-0.25, -0.2) is 0 Å². The topological polar surface area (TPSA) is 88.9 Å². The van der Waals surface area contributed by atoms with Crippen LogP contribution in [-0.2, 0) is 29.0 Å². The fourth-order valence-electron chi connectivity index (χ4n) is 2.95. The molecule has 0 saturated carbocycles. The van der Waals surface area contributed by atoms with Gasteiger partial charge in [0.1, 0.15) is 5.82 Å². The molecule has 0 aliphatic carbocycles. The molecular formula is C22H23Cl2N5O2S. The quantitative estimate of drug-likeness (QED) is 0.407. The van der Waals surface area contributed by atoms with E-state index in [1.807, 2.05) is 35.8 Å². The van der Waals surface area contributed by atoms with Crippen LogP contribution in [0.2, 0.25) is 10.0 Å². The van der Waals surface area contributed by atoms with Crippen molar-refractivity contribution in [1.82, 2.24) is 14.8 Å². The number of hydrogen-bond acceptors (Lipinski definition) is 5. The number of nitrogens with zero attached hydrogens (tertiary/aromatic N) is 3. The number of aryl methyl sites for hydroxylation is 1. The first kappa shape index (κ1) is 24.1. The maximum Gasteiger partial charge on any atom is 0.234 e. The first-order chi connectivity index (χ1) is 15.4. The number of halogens is 2. The summed E-state index contributed by atoms with van der Waals surface area (Å²) in [5.41, 5.74) is 2.51. The van der Waals surface area contributed by atoms with Gasteiger partial charge in [-0.3, -0.25) is 9.59 Å². The second-order valence-electron chi connectivity index (χ2n) is 6.88. The number of amides is 2. The lowest BCUT2D eigenvalue weighted by atomic mass is 10.1. The van der Waals surface area contributed by atoms with Gasteiger partial charge in [-0.1, -0.05) is 54.0 Å². The van der Waals surface area contributed by atoms with E-state index in [9.17, 15) is 9.59 Å². The Labute approximate surface area is 200 Å². The third-order valence-electron chi connectivity index (χ3n) is 4.61. The average molecular weight is 492 g/mol. The van der Waals surface area contributed by atoms with Gasteiger partial charge in [-0.15, -0.1) is 10.2 Å². The van der Waals surface area contributed by atoms with E-state index in [2.05, 4.69) is 27.8 Å². The van der Waals surface area contributed by atoms with Crippen LogP contribution in [0.15, 0.2) is 47.6 Å². The number of carbonyl (C=O) groups is 2. The first-order valence-corrected chi connectivity index (χ1v) is 11.8. The number of benzene rings is 2. The van der Waals surface area contributed by atoms with Crippen molar-refractivity contribution in [3.63, 3.8) is 0 Å². The lowest BCUT2D eigenvalue weighted by Crippen LogP contribution is -2.18. The van der Waals surface area contributed by atoms with E-state index >= 15 is 0 Å². The van der Waals surface area contributed by atoms with Crippen molar-refractivity contribution in [3.8, 4) is 0 Å². The van der Waals surface area contributed by atoms with Crippen molar-refractivity contribution in [2.24, 2.45) is 0 Å². The molecule has 0 spiro atoms. The largest absolute Gasteiger partial charge is 0.326 e. The molecule has 1 aromatic heterocycles. The molecule has 0 saturated heterocycles. The fourth-order valence-corrected chi connectivity index (χ4v) is 4.07. The minimum absolute atomic E-state index is 0.0393. The van der Waals surface area contributed by atoms with Gasteiger partial charge < -0.3 is 15.2 Å². The lowest BCUT2D eigenvalue weighted by Gasteiger charge is -2.09. The fraction of sp³-hybridized carbons (Fsp3) is 0.273. The highest BCUT2D eigenvalue weighted by Crippen LogP contribution is 2.25. The summed E-state index contributed by atoms with van der Waals surface area (Å²) in [5, 5.41) is 15.3. The molecule has 0 atom stereocenters. The molecule has 0 aliphatic rings. The Kier molecular flexibility index (Phi) is 8.55. The maximum absolute atomic E-state index is 12.4. The molecule has 3 rings (SSSR count). The predicted octanol–water partition coefficient (Wildman–Crippen LogP) is 5.08. The Morgan fingerprint density at radius 2 is 1.62 bits per heavy atom. The SMILES string of the molecule is CCc1ccc(NC(=O)CSc2nnc(CC(=O)Nc3ccc(Cl)c(Cl)c3)n2CC)cc1. The predicted molar refractivity (Wildman–Crippen MR) is 130 cm³/mol. The molecule has 0 bridgehead atoms. The van der Waals surface area contributed by atoms with Crippen molar-refractivity contribution in [3.05, 3.63) is 63.9 Å². The Morgan fingerprint density at radius 3 is 2.28 bits per heavy atom. The molecule has 2 aromatic carbocycles. The van der Waals surface area contributed by atoms with E-state index in [-0.39, 0.29) is 24.0 Å². The molecule has 1 heterocycles. The van der Waals surface area contributed by atoms with Crippen LogP contribution in [0.25, 0.3) is 0 Å². The summed E-state index contributed by atoms with van der Waals surface area (Å²) in [6, 6.07) is 12.6. The summed E-state index contributed by atoms with van der Waals surface area (Å²) in [4.78, 5) is 24.7. The van der Waals surface area contributed by atoms with Gasteiger partial charge in [0.25, 0.3) is 0 Å². The Morgan fingerprint density at radius 1 is 0.938 bits per heavy atom. The average Bonchev–Trinajstić information content (AvgIpc) is 3.16. The van der Waals surface area contributed by atoms with Crippen LogP contribution < -0.4 is 10.6 Å². The molecular weight excluding hydrogens is 469 g/mol. The van der Waals surface area contributed by atoms with Crippen molar-refractivity contribution in [2.75, 3.05) is 16.4 Å². The highest BCUT2D eigenvalue weighted by Gasteiger charge is 2.16. The number of anilines is 2. The van der Waals surface area contributed by atoms with E-state index in [4.69, 9.17) is 23.2 Å². The molecule has 7 nitrogen and oxygen atoms in total. The minimum Gasteiger partial charge on any atom is -0.326 e. The number of hydrogen-bond donors (Lipinski definition) is 2. The molecule has 32 heavy (non-hydrogen) atoms. The van der Waals surface area contributed by atoms with Gasteiger partial charge in [0, 0.05) is 17.9 Å².